The molecule has 1 aliphatic carbocycles. The van der Waals surface area contributed by atoms with Crippen LogP contribution in [0.4, 0.5) is 0 Å². The zero-order valence-corrected chi connectivity index (χ0v) is 9.20. The van der Waals surface area contributed by atoms with Crippen molar-refractivity contribution in [1.82, 2.24) is 9.80 Å². The number of hydrogen-bond acceptors (Lipinski definition) is 2. The monoisotopic (exact) mass is 196 g/mol. The van der Waals surface area contributed by atoms with Gasteiger partial charge in [-0.05, 0) is 25.8 Å². The highest BCUT2D eigenvalue weighted by Gasteiger charge is 2.35. The third-order valence-corrected chi connectivity index (χ3v) is 3.53. The number of piperazine rings is 1. The first kappa shape index (κ1) is 9.97. The molecule has 0 radical (unpaired) electrons. The number of carbonyl (C=O) groups is 1. The number of nitrogens with zero attached hydrogens (tertiary/aromatic N) is 2. The number of hydrogen-bond donors (Lipinski definition) is 0. The zero-order valence-electron chi connectivity index (χ0n) is 9.20. The lowest BCUT2D eigenvalue weighted by Crippen LogP contribution is -2.48. The standard InChI is InChI=1S/C11H20N2O/c1-9(10-3-4-10)11(14)13-7-5-12(2)6-8-13/h9-10H,3-8H2,1-2H3. The third kappa shape index (κ3) is 2.08. The van der Waals surface area contributed by atoms with Gasteiger partial charge in [-0.15, -0.1) is 0 Å². The molecule has 0 aromatic heterocycles. The Morgan fingerprint density at radius 2 is 1.79 bits per heavy atom. The molecule has 1 heterocycles. The van der Waals surface area contributed by atoms with Crippen LogP contribution in [0.5, 0.6) is 0 Å². The van der Waals surface area contributed by atoms with Gasteiger partial charge in [0.15, 0.2) is 0 Å². The minimum Gasteiger partial charge on any atom is -0.340 e. The van der Waals surface area contributed by atoms with Crippen LogP contribution in [0, 0.1) is 11.8 Å². The Bertz CT molecular complexity index is 217. The van der Waals surface area contributed by atoms with Gasteiger partial charge in [0.2, 0.25) is 5.91 Å². The van der Waals surface area contributed by atoms with Crippen LogP contribution in [0.1, 0.15) is 19.8 Å². The van der Waals surface area contributed by atoms with Crippen LogP contribution in [0.15, 0.2) is 0 Å². The number of amides is 1. The molecule has 80 valence electrons. The molecule has 1 amide bonds. The predicted molar refractivity (Wildman–Crippen MR) is 56.0 cm³/mol. The van der Waals surface area contributed by atoms with Gasteiger partial charge in [0, 0.05) is 32.1 Å². The Labute approximate surface area is 86.1 Å². The molecule has 1 unspecified atom stereocenters. The van der Waals surface area contributed by atoms with Crippen LogP contribution in [0.25, 0.3) is 0 Å². The minimum atomic E-state index is 0.276. The highest BCUT2D eigenvalue weighted by atomic mass is 16.2. The van der Waals surface area contributed by atoms with E-state index in [9.17, 15) is 4.79 Å². The molecular formula is C11H20N2O. The van der Waals surface area contributed by atoms with Crippen molar-refractivity contribution in [2.75, 3.05) is 33.2 Å². The molecule has 1 aliphatic heterocycles. The van der Waals surface area contributed by atoms with Gasteiger partial charge in [-0.2, -0.15) is 0 Å². The molecule has 1 atom stereocenters. The van der Waals surface area contributed by atoms with Crippen LogP contribution in [0.3, 0.4) is 0 Å². The molecule has 3 nitrogen and oxygen atoms in total. The van der Waals surface area contributed by atoms with Crippen molar-refractivity contribution in [2.45, 2.75) is 19.8 Å². The van der Waals surface area contributed by atoms with E-state index in [0.717, 1.165) is 26.2 Å². The molecule has 0 spiro atoms. The Kier molecular flexibility index (Phi) is 2.77. The summed E-state index contributed by atoms with van der Waals surface area (Å²) in [5.74, 6) is 1.36. The Morgan fingerprint density at radius 1 is 1.21 bits per heavy atom. The summed E-state index contributed by atoms with van der Waals surface area (Å²) >= 11 is 0. The van der Waals surface area contributed by atoms with Gasteiger partial charge in [0.05, 0.1) is 0 Å². The summed E-state index contributed by atoms with van der Waals surface area (Å²) in [6.07, 6.45) is 2.53. The average Bonchev–Trinajstić information content (AvgIpc) is 3.00. The van der Waals surface area contributed by atoms with Gasteiger partial charge >= 0.3 is 0 Å². The lowest BCUT2D eigenvalue weighted by Gasteiger charge is -2.34. The molecule has 3 heteroatoms. The first-order chi connectivity index (χ1) is 6.68. The lowest BCUT2D eigenvalue weighted by atomic mass is 10.0. The number of carbonyl (C=O) groups excluding carboxylic acids is 1. The predicted octanol–water partition coefficient (Wildman–Crippen LogP) is 0.806. The first-order valence-corrected chi connectivity index (χ1v) is 5.66. The molecule has 1 saturated carbocycles. The normalized spacial score (nSPS) is 26.3. The van der Waals surface area contributed by atoms with Crippen LogP contribution < -0.4 is 0 Å². The smallest absolute Gasteiger partial charge is 0.225 e. The van der Waals surface area contributed by atoms with Gasteiger partial charge in [0.25, 0.3) is 0 Å². The van der Waals surface area contributed by atoms with Crippen molar-refractivity contribution in [3.8, 4) is 0 Å². The summed E-state index contributed by atoms with van der Waals surface area (Å²) in [5.41, 5.74) is 0. The van der Waals surface area contributed by atoms with Gasteiger partial charge in [-0.1, -0.05) is 6.92 Å². The average molecular weight is 196 g/mol. The fourth-order valence-electron chi connectivity index (χ4n) is 2.11. The summed E-state index contributed by atoms with van der Waals surface area (Å²) in [6, 6.07) is 0. The van der Waals surface area contributed by atoms with Crippen LogP contribution in [0.2, 0.25) is 0 Å². The van der Waals surface area contributed by atoms with Gasteiger partial charge in [-0.3, -0.25) is 4.79 Å². The van der Waals surface area contributed by atoms with Crippen LogP contribution >= 0.6 is 0 Å². The SMILES string of the molecule is CC(C(=O)N1CCN(C)CC1)C1CC1. The Balaban J connectivity index is 1.84. The maximum Gasteiger partial charge on any atom is 0.225 e. The second-order valence-electron chi connectivity index (χ2n) is 4.75. The Morgan fingerprint density at radius 3 is 2.29 bits per heavy atom. The summed E-state index contributed by atoms with van der Waals surface area (Å²) in [6.45, 7) is 6.00. The molecule has 0 aromatic carbocycles. The highest BCUT2D eigenvalue weighted by molar-refractivity contribution is 5.79. The summed E-state index contributed by atoms with van der Waals surface area (Å²) in [4.78, 5) is 16.3. The topological polar surface area (TPSA) is 23.6 Å². The van der Waals surface area contributed by atoms with E-state index in [2.05, 4.69) is 18.9 Å². The van der Waals surface area contributed by atoms with Crippen molar-refractivity contribution in [2.24, 2.45) is 11.8 Å². The molecule has 1 saturated heterocycles. The van der Waals surface area contributed by atoms with E-state index in [-0.39, 0.29) is 5.92 Å². The molecule has 0 bridgehead atoms. The van der Waals surface area contributed by atoms with E-state index in [0.29, 0.717) is 11.8 Å². The molecule has 0 N–H and O–H groups in total. The molecule has 14 heavy (non-hydrogen) atoms. The molecule has 0 aromatic rings. The first-order valence-electron chi connectivity index (χ1n) is 5.66. The van der Waals surface area contributed by atoms with Crippen molar-refractivity contribution < 1.29 is 4.79 Å². The van der Waals surface area contributed by atoms with Gasteiger partial charge < -0.3 is 9.80 Å². The lowest BCUT2D eigenvalue weighted by molar-refractivity contribution is -0.137. The summed E-state index contributed by atoms with van der Waals surface area (Å²) < 4.78 is 0. The van der Waals surface area contributed by atoms with Crippen molar-refractivity contribution >= 4 is 5.91 Å². The van der Waals surface area contributed by atoms with E-state index in [1.54, 1.807) is 0 Å². The highest BCUT2D eigenvalue weighted by Crippen LogP contribution is 2.37. The van der Waals surface area contributed by atoms with Gasteiger partial charge in [-0.25, -0.2) is 0 Å². The van der Waals surface area contributed by atoms with Gasteiger partial charge in [0.1, 0.15) is 0 Å². The Hall–Kier alpha value is -0.570. The van der Waals surface area contributed by atoms with Crippen LogP contribution in [-0.4, -0.2) is 48.9 Å². The molecular weight excluding hydrogens is 176 g/mol. The van der Waals surface area contributed by atoms with Crippen LogP contribution in [-0.2, 0) is 4.79 Å². The number of rotatable bonds is 2. The van der Waals surface area contributed by atoms with Crippen molar-refractivity contribution in [1.29, 1.82) is 0 Å². The van der Waals surface area contributed by atoms with E-state index >= 15 is 0 Å². The summed E-state index contributed by atoms with van der Waals surface area (Å²) in [5, 5.41) is 0. The minimum absolute atomic E-state index is 0.276. The molecule has 2 rings (SSSR count). The summed E-state index contributed by atoms with van der Waals surface area (Å²) in [7, 11) is 2.12. The molecule has 2 fully saturated rings. The second kappa shape index (κ2) is 3.89. The van der Waals surface area contributed by atoms with E-state index < -0.39 is 0 Å². The maximum absolute atomic E-state index is 12.0. The van der Waals surface area contributed by atoms with Crippen molar-refractivity contribution in [3.05, 3.63) is 0 Å². The quantitative estimate of drug-likeness (QED) is 0.652. The third-order valence-electron chi connectivity index (χ3n) is 3.53. The number of likely N-dealkylation sites (N-methyl/N-ethyl adjacent to an activating group) is 1. The largest absolute Gasteiger partial charge is 0.340 e. The fraction of sp³-hybridized carbons (Fsp3) is 0.909. The van der Waals surface area contributed by atoms with E-state index in [1.807, 2.05) is 4.90 Å². The second-order valence-corrected chi connectivity index (χ2v) is 4.75. The molecule has 2 aliphatic rings. The zero-order chi connectivity index (χ0) is 10.1. The van der Waals surface area contributed by atoms with E-state index in [1.165, 1.54) is 12.8 Å². The fourth-order valence-corrected chi connectivity index (χ4v) is 2.11. The van der Waals surface area contributed by atoms with Crippen molar-refractivity contribution in [3.63, 3.8) is 0 Å². The maximum atomic E-state index is 12.0. The van der Waals surface area contributed by atoms with E-state index in [4.69, 9.17) is 0 Å².